The zero-order valence-electron chi connectivity index (χ0n) is 8.15. The average molecular weight is 182 g/mol. The van der Waals surface area contributed by atoms with E-state index < -0.39 is 0 Å². The summed E-state index contributed by atoms with van der Waals surface area (Å²) < 4.78 is 6.32. The Morgan fingerprint density at radius 1 is 1.77 bits per heavy atom. The number of hydrogen-bond acceptors (Lipinski definition) is 3. The van der Waals surface area contributed by atoms with Crippen LogP contribution in [0.2, 0.25) is 0 Å². The van der Waals surface area contributed by atoms with E-state index in [1.165, 1.54) is 7.11 Å². The largest absolute Gasteiger partial charge is 0.464 e. The van der Waals surface area contributed by atoms with Gasteiger partial charge in [0.25, 0.3) is 0 Å². The molecule has 1 heterocycles. The van der Waals surface area contributed by atoms with Gasteiger partial charge in [0.1, 0.15) is 5.69 Å². The molecule has 0 aliphatic rings. The molecule has 0 bridgehead atoms. The number of hydrogen-bond donors (Lipinski definition) is 0. The van der Waals surface area contributed by atoms with Gasteiger partial charge in [0.05, 0.1) is 7.11 Å². The normalized spacial score (nSPS) is 12.5. The zero-order valence-corrected chi connectivity index (χ0v) is 8.15. The third-order valence-electron chi connectivity index (χ3n) is 2.07. The summed E-state index contributed by atoms with van der Waals surface area (Å²) in [7, 11) is 1.37. The van der Waals surface area contributed by atoms with E-state index in [0.29, 0.717) is 5.69 Å². The smallest absolute Gasteiger partial charge is 0.356 e. The standard InChI is InChI=1S/C9H14N2O2/c1-4-7(2)11-8(5-6-10-11)9(12)13-3/h5-7H,4H2,1-3H3/t7-/m1/s1. The Labute approximate surface area is 77.5 Å². The topological polar surface area (TPSA) is 44.1 Å². The lowest BCUT2D eigenvalue weighted by molar-refractivity contribution is 0.0583. The second-order valence-corrected chi connectivity index (χ2v) is 2.91. The average Bonchev–Trinajstić information content (AvgIpc) is 2.63. The van der Waals surface area contributed by atoms with E-state index in [4.69, 9.17) is 0 Å². The zero-order chi connectivity index (χ0) is 9.84. The molecule has 72 valence electrons. The highest BCUT2D eigenvalue weighted by Gasteiger charge is 2.14. The number of ether oxygens (including phenoxy) is 1. The van der Waals surface area contributed by atoms with Gasteiger partial charge in [-0.1, -0.05) is 6.92 Å². The molecular weight excluding hydrogens is 168 g/mol. The number of carbonyl (C=O) groups is 1. The summed E-state index contributed by atoms with van der Waals surface area (Å²) in [6.45, 7) is 4.06. The fraction of sp³-hybridized carbons (Fsp3) is 0.556. The first-order valence-corrected chi connectivity index (χ1v) is 4.32. The van der Waals surface area contributed by atoms with Gasteiger partial charge in [0, 0.05) is 12.2 Å². The molecule has 1 aromatic heterocycles. The quantitative estimate of drug-likeness (QED) is 0.667. The lowest BCUT2D eigenvalue weighted by Gasteiger charge is -2.11. The molecule has 0 saturated carbocycles. The molecule has 0 unspecified atom stereocenters. The predicted octanol–water partition coefficient (Wildman–Crippen LogP) is 1.64. The van der Waals surface area contributed by atoms with E-state index in [1.54, 1.807) is 16.9 Å². The van der Waals surface area contributed by atoms with Gasteiger partial charge in [-0.05, 0) is 19.4 Å². The molecular formula is C9H14N2O2. The minimum absolute atomic E-state index is 0.226. The number of carbonyl (C=O) groups excluding carboxylic acids is 1. The Morgan fingerprint density at radius 3 is 3.00 bits per heavy atom. The first-order chi connectivity index (χ1) is 6.20. The van der Waals surface area contributed by atoms with Crippen LogP contribution in [0.25, 0.3) is 0 Å². The van der Waals surface area contributed by atoms with Crippen LogP contribution in [-0.2, 0) is 4.74 Å². The molecule has 4 heteroatoms. The van der Waals surface area contributed by atoms with Gasteiger partial charge in [-0.15, -0.1) is 0 Å². The molecule has 0 radical (unpaired) electrons. The van der Waals surface area contributed by atoms with Crippen molar-refractivity contribution < 1.29 is 9.53 Å². The number of methoxy groups -OCH3 is 1. The van der Waals surface area contributed by atoms with Crippen molar-refractivity contribution in [3.63, 3.8) is 0 Å². The molecule has 0 amide bonds. The Kier molecular flexibility index (Phi) is 3.06. The van der Waals surface area contributed by atoms with Crippen molar-refractivity contribution in [1.82, 2.24) is 9.78 Å². The van der Waals surface area contributed by atoms with Crippen LogP contribution in [0, 0.1) is 0 Å². The van der Waals surface area contributed by atoms with Crippen LogP contribution in [0.15, 0.2) is 12.3 Å². The Morgan fingerprint density at radius 2 is 2.46 bits per heavy atom. The van der Waals surface area contributed by atoms with Crippen LogP contribution in [0.1, 0.15) is 36.8 Å². The summed E-state index contributed by atoms with van der Waals surface area (Å²) in [6.07, 6.45) is 2.55. The third-order valence-corrected chi connectivity index (χ3v) is 2.07. The molecule has 4 nitrogen and oxygen atoms in total. The van der Waals surface area contributed by atoms with Crippen molar-refractivity contribution >= 4 is 5.97 Å². The highest BCUT2D eigenvalue weighted by Crippen LogP contribution is 2.12. The second kappa shape index (κ2) is 4.07. The Hall–Kier alpha value is -1.32. The summed E-state index contributed by atoms with van der Waals surface area (Å²) in [5.41, 5.74) is 0.511. The minimum atomic E-state index is -0.335. The van der Waals surface area contributed by atoms with E-state index >= 15 is 0 Å². The molecule has 13 heavy (non-hydrogen) atoms. The molecule has 0 spiro atoms. The summed E-state index contributed by atoms with van der Waals surface area (Å²) >= 11 is 0. The van der Waals surface area contributed by atoms with Crippen molar-refractivity contribution in [1.29, 1.82) is 0 Å². The Bertz CT molecular complexity index is 294. The molecule has 0 saturated heterocycles. The number of rotatable bonds is 3. The van der Waals surface area contributed by atoms with E-state index in [2.05, 4.69) is 9.84 Å². The summed E-state index contributed by atoms with van der Waals surface area (Å²) in [4.78, 5) is 11.2. The van der Waals surface area contributed by atoms with Crippen molar-refractivity contribution in [3.05, 3.63) is 18.0 Å². The highest BCUT2D eigenvalue weighted by atomic mass is 16.5. The second-order valence-electron chi connectivity index (χ2n) is 2.91. The SMILES string of the molecule is CC[C@@H](C)n1nccc1C(=O)OC. The molecule has 1 rings (SSSR count). The molecule has 0 aromatic carbocycles. The van der Waals surface area contributed by atoms with E-state index in [0.717, 1.165) is 6.42 Å². The van der Waals surface area contributed by atoms with Gasteiger partial charge < -0.3 is 4.74 Å². The number of nitrogens with zero attached hydrogens (tertiary/aromatic N) is 2. The maximum absolute atomic E-state index is 11.2. The van der Waals surface area contributed by atoms with Crippen LogP contribution in [-0.4, -0.2) is 22.9 Å². The van der Waals surface area contributed by atoms with Crippen LogP contribution in [0.5, 0.6) is 0 Å². The van der Waals surface area contributed by atoms with Gasteiger partial charge in [-0.2, -0.15) is 5.10 Å². The van der Waals surface area contributed by atoms with E-state index in [1.807, 2.05) is 13.8 Å². The summed E-state index contributed by atoms with van der Waals surface area (Å²) in [6, 6.07) is 1.89. The van der Waals surface area contributed by atoms with Gasteiger partial charge in [0.15, 0.2) is 0 Å². The molecule has 1 aromatic rings. The fourth-order valence-corrected chi connectivity index (χ4v) is 1.10. The van der Waals surface area contributed by atoms with Crippen molar-refractivity contribution in [2.24, 2.45) is 0 Å². The van der Waals surface area contributed by atoms with Gasteiger partial charge >= 0.3 is 5.97 Å². The number of aromatic nitrogens is 2. The fourth-order valence-electron chi connectivity index (χ4n) is 1.10. The van der Waals surface area contributed by atoms with Crippen LogP contribution in [0.4, 0.5) is 0 Å². The van der Waals surface area contributed by atoms with Crippen molar-refractivity contribution in [2.75, 3.05) is 7.11 Å². The van der Waals surface area contributed by atoms with Gasteiger partial charge in [-0.3, -0.25) is 4.68 Å². The maximum atomic E-state index is 11.2. The molecule has 1 atom stereocenters. The lowest BCUT2D eigenvalue weighted by atomic mass is 10.2. The predicted molar refractivity (Wildman–Crippen MR) is 48.6 cm³/mol. The maximum Gasteiger partial charge on any atom is 0.356 e. The van der Waals surface area contributed by atoms with Gasteiger partial charge in [0.2, 0.25) is 0 Å². The Balaban J connectivity index is 2.95. The van der Waals surface area contributed by atoms with Crippen LogP contribution < -0.4 is 0 Å². The molecule has 0 N–H and O–H groups in total. The first kappa shape index (κ1) is 9.77. The number of esters is 1. The lowest BCUT2D eigenvalue weighted by Crippen LogP contribution is -2.14. The monoisotopic (exact) mass is 182 g/mol. The molecule has 0 aliphatic heterocycles. The van der Waals surface area contributed by atoms with E-state index in [-0.39, 0.29) is 12.0 Å². The van der Waals surface area contributed by atoms with Crippen molar-refractivity contribution in [2.45, 2.75) is 26.3 Å². The third kappa shape index (κ3) is 1.88. The van der Waals surface area contributed by atoms with E-state index in [9.17, 15) is 4.79 Å². The van der Waals surface area contributed by atoms with Crippen LogP contribution >= 0.6 is 0 Å². The molecule has 0 fully saturated rings. The van der Waals surface area contributed by atoms with Crippen molar-refractivity contribution in [3.8, 4) is 0 Å². The first-order valence-electron chi connectivity index (χ1n) is 4.32. The summed E-state index contributed by atoms with van der Waals surface area (Å²) in [5, 5.41) is 4.07. The van der Waals surface area contributed by atoms with Crippen LogP contribution in [0.3, 0.4) is 0 Å². The minimum Gasteiger partial charge on any atom is -0.464 e. The highest BCUT2D eigenvalue weighted by molar-refractivity contribution is 5.87. The summed E-state index contributed by atoms with van der Waals surface area (Å²) in [5.74, 6) is -0.335. The molecule has 0 aliphatic carbocycles. The van der Waals surface area contributed by atoms with Gasteiger partial charge in [-0.25, -0.2) is 4.79 Å².